The van der Waals surface area contributed by atoms with E-state index in [2.05, 4.69) is 0 Å². The Labute approximate surface area is 125 Å². The molecule has 112 valence electrons. The zero-order chi connectivity index (χ0) is 15.4. The summed E-state index contributed by atoms with van der Waals surface area (Å²) in [5.74, 6) is -2.60. The molecule has 0 bridgehead atoms. The second-order valence-corrected chi connectivity index (χ2v) is 4.86. The smallest absolute Gasteiger partial charge is 0.191 e. The van der Waals surface area contributed by atoms with E-state index in [0.717, 1.165) is 6.07 Å². The van der Waals surface area contributed by atoms with Gasteiger partial charge in [0.25, 0.3) is 0 Å². The number of ether oxygens (including phenoxy) is 1. The highest BCUT2D eigenvalue weighted by Crippen LogP contribution is 2.26. The van der Waals surface area contributed by atoms with Crippen LogP contribution in [0.4, 0.5) is 13.2 Å². The quantitative estimate of drug-likeness (QED) is 0.910. The van der Waals surface area contributed by atoms with Gasteiger partial charge in [-0.15, -0.1) is 0 Å². The molecule has 0 aliphatic rings. The Morgan fingerprint density at radius 1 is 1.05 bits per heavy atom. The molecule has 0 fully saturated rings. The van der Waals surface area contributed by atoms with Crippen molar-refractivity contribution in [2.24, 2.45) is 5.73 Å². The predicted molar refractivity (Wildman–Crippen MR) is 74.9 cm³/mol. The van der Waals surface area contributed by atoms with Crippen LogP contribution < -0.4 is 10.5 Å². The van der Waals surface area contributed by atoms with Gasteiger partial charge in [-0.25, -0.2) is 13.2 Å². The second kappa shape index (κ2) is 6.83. The number of hydrogen-bond acceptors (Lipinski definition) is 2. The molecule has 2 N–H and O–H groups in total. The molecule has 21 heavy (non-hydrogen) atoms. The van der Waals surface area contributed by atoms with Crippen molar-refractivity contribution in [3.05, 3.63) is 63.9 Å². The minimum absolute atomic E-state index is 0.135. The van der Waals surface area contributed by atoms with Crippen molar-refractivity contribution in [3.8, 4) is 5.75 Å². The average Bonchev–Trinajstić information content (AvgIpc) is 2.40. The highest BCUT2D eigenvalue weighted by Gasteiger charge is 2.13. The maximum atomic E-state index is 13.8. The zero-order valence-electron chi connectivity index (χ0n) is 11.0. The third-order valence-corrected chi connectivity index (χ3v) is 3.23. The summed E-state index contributed by atoms with van der Waals surface area (Å²) in [5.41, 5.74) is 6.23. The minimum atomic E-state index is -0.809. The van der Waals surface area contributed by atoms with Gasteiger partial charge in [-0.05, 0) is 42.8 Å². The molecule has 0 heterocycles. The lowest BCUT2D eigenvalue weighted by molar-refractivity contribution is 0.273. The molecule has 0 amide bonds. The number of rotatable bonds is 5. The molecule has 0 saturated heterocycles. The normalized spacial score (nSPS) is 10.7. The Hall–Kier alpha value is -1.72. The Bertz CT molecular complexity index is 626. The van der Waals surface area contributed by atoms with E-state index in [0.29, 0.717) is 24.1 Å². The van der Waals surface area contributed by atoms with Crippen molar-refractivity contribution in [1.29, 1.82) is 0 Å². The van der Waals surface area contributed by atoms with Gasteiger partial charge in [0.05, 0.1) is 5.02 Å². The van der Waals surface area contributed by atoms with Crippen LogP contribution in [0.1, 0.15) is 11.1 Å². The van der Waals surface area contributed by atoms with Crippen molar-refractivity contribution in [1.82, 2.24) is 0 Å². The fourth-order valence-electron chi connectivity index (χ4n) is 1.85. The van der Waals surface area contributed by atoms with E-state index < -0.39 is 23.2 Å². The number of halogens is 4. The Balaban J connectivity index is 2.16. The van der Waals surface area contributed by atoms with Crippen LogP contribution in [0.25, 0.3) is 0 Å². The van der Waals surface area contributed by atoms with Gasteiger partial charge in [-0.2, -0.15) is 0 Å². The zero-order valence-corrected chi connectivity index (χ0v) is 11.8. The molecule has 2 aromatic rings. The minimum Gasteiger partial charge on any atom is -0.483 e. The third kappa shape index (κ3) is 3.89. The Morgan fingerprint density at radius 3 is 2.29 bits per heavy atom. The van der Waals surface area contributed by atoms with E-state index in [4.69, 9.17) is 22.1 Å². The van der Waals surface area contributed by atoms with E-state index in [1.54, 1.807) is 0 Å². The molecule has 2 nitrogen and oxygen atoms in total. The van der Waals surface area contributed by atoms with Crippen LogP contribution in [-0.2, 0) is 13.0 Å². The van der Waals surface area contributed by atoms with Gasteiger partial charge < -0.3 is 10.5 Å². The molecule has 2 rings (SSSR count). The van der Waals surface area contributed by atoms with Crippen molar-refractivity contribution in [3.63, 3.8) is 0 Å². The summed E-state index contributed by atoms with van der Waals surface area (Å²) in [6.07, 6.45) is 0.373. The lowest BCUT2D eigenvalue weighted by Gasteiger charge is -2.11. The summed E-state index contributed by atoms with van der Waals surface area (Å²) in [5, 5.41) is 0.135. The number of hydrogen-bond donors (Lipinski definition) is 1. The van der Waals surface area contributed by atoms with Gasteiger partial charge in [-0.1, -0.05) is 17.7 Å². The first kappa shape index (κ1) is 15.7. The summed E-state index contributed by atoms with van der Waals surface area (Å²) in [6.45, 7) is 0.132. The topological polar surface area (TPSA) is 35.2 Å². The van der Waals surface area contributed by atoms with Crippen molar-refractivity contribution < 1.29 is 17.9 Å². The number of nitrogens with two attached hydrogens (primary N) is 1. The number of benzene rings is 2. The summed E-state index contributed by atoms with van der Waals surface area (Å²) in [7, 11) is 0. The molecule has 0 aliphatic heterocycles. The van der Waals surface area contributed by atoms with Gasteiger partial charge in [0, 0.05) is 5.56 Å². The maximum absolute atomic E-state index is 13.8. The Morgan fingerprint density at radius 2 is 1.71 bits per heavy atom. The molecule has 0 saturated carbocycles. The average molecular weight is 316 g/mol. The first-order valence-electron chi connectivity index (χ1n) is 6.26. The van der Waals surface area contributed by atoms with Crippen LogP contribution in [0.15, 0.2) is 30.3 Å². The van der Waals surface area contributed by atoms with Crippen molar-refractivity contribution in [2.75, 3.05) is 6.54 Å². The standard InChI is InChI=1S/C15H13ClF3NO/c16-12-7-11(17)2-1-10(12)8-21-15-13(18)5-9(3-4-20)6-14(15)19/h1-2,5-7H,3-4,8,20H2. The highest BCUT2D eigenvalue weighted by molar-refractivity contribution is 6.31. The second-order valence-electron chi connectivity index (χ2n) is 4.45. The third-order valence-electron chi connectivity index (χ3n) is 2.88. The molecule has 0 aromatic heterocycles. The van der Waals surface area contributed by atoms with Crippen LogP contribution in [0.5, 0.6) is 5.75 Å². The molecule has 0 spiro atoms. The van der Waals surface area contributed by atoms with E-state index in [-0.39, 0.29) is 11.6 Å². The highest BCUT2D eigenvalue weighted by atomic mass is 35.5. The van der Waals surface area contributed by atoms with Crippen LogP contribution >= 0.6 is 11.6 Å². The maximum Gasteiger partial charge on any atom is 0.191 e. The lowest BCUT2D eigenvalue weighted by atomic mass is 10.1. The van der Waals surface area contributed by atoms with Crippen LogP contribution in [0.3, 0.4) is 0 Å². The van der Waals surface area contributed by atoms with Gasteiger partial charge in [-0.3, -0.25) is 0 Å². The molecule has 0 unspecified atom stereocenters. The van der Waals surface area contributed by atoms with E-state index in [1.165, 1.54) is 24.3 Å². The molecule has 0 atom stereocenters. The Kier molecular flexibility index (Phi) is 5.09. The van der Waals surface area contributed by atoms with Crippen molar-refractivity contribution >= 4 is 11.6 Å². The van der Waals surface area contributed by atoms with Gasteiger partial charge in [0.1, 0.15) is 12.4 Å². The van der Waals surface area contributed by atoms with Gasteiger partial charge >= 0.3 is 0 Å². The van der Waals surface area contributed by atoms with Gasteiger partial charge in [0.2, 0.25) is 0 Å². The summed E-state index contributed by atoms with van der Waals surface area (Å²) < 4.78 is 45.6. The molecule has 0 radical (unpaired) electrons. The molecule has 2 aromatic carbocycles. The van der Waals surface area contributed by atoms with Crippen LogP contribution in [0, 0.1) is 17.5 Å². The molecular weight excluding hydrogens is 303 g/mol. The van der Waals surface area contributed by atoms with Crippen LogP contribution in [-0.4, -0.2) is 6.54 Å². The summed E-state index contributed by atoms with van der Waals surface area (Å²) >= 11 is 5.82. The fourth-order valence-corrected chi connectivity index (χ4v) is 2.07. The summed E-state index contributed by atoms with van der Waals surface area (Å²) in [6, 6.07) is 6.06. The monoisotopic (exact) mass is 315 g/mol. The van der Waals surface area contributed by atoms with E-state index >= 15 is 0 Å². The fraction of sp³-hybridized carbons (Fsp3) is 0.200. The predicted octanol–water partition coefficient (Wildman–Crippen LogP) is 3.84. The largest absolute Gasteiger partial charge is 0.483 e. The summed E-state index contributed by atoms with van der Waals surface area (Å²) in [4.78, 5) is 0. The van der Waals surface area contributed by atoms with Crippen molar-refractivity contribution in [2.45, 2.75) is 13.0 Å². The van der Waals surface area contributed by atoms with Crippen LogP contribution in [0.2, 0.25) is 5.02 Å². The molecular formula is C15H13ClF3NO. The van der Waals surface area contributed by atoms with Gasteiger partial charge in [0.15, 0.2) is 17.4 Å². The van der Waals surface area contributed by atoms with E-state index in [9.17, 15) is 13.2 Å². The first-order chi connectivity index (χ1) is 10.0. The molecule has 6 heteroatoms. The first-order valence-corrected chi connectivity index (χ1v) is 6.63. The SMILES string of the molecule is NCCc1cc(F)c(OCc2ccc(F)cc2Cl)c(F)c1. The van der Waals surface area contributed by atoms with E-state index in [1.807, 2.05) is 0 Å². The molecule has 0 aliphatic carbocycles. The lowest BCUT2D eigenvalue weighted by Crippen LogP contribution is -2.05.